The Balaban J connectivity index is 5.58. The van der Waals surface area contributed by atoms with E-state index in [2.05, 4.69) is 10.6 Å². The van der Waals surface area contributed by atoms with Gasteiger partial charge < -0.3 is 29.6 Å². The van der Waals surface area contributed by atoms with Crippen molar-refractivity contribution in [1.82, 2.24) is 10.6 Å². The lowest BCUT2D eigenvalue weighted by molar-refractivity contribution is -0.160. The zero-order valence-corrected chi connectivity index (χ0v) is 25.2. The zero-order valence-electron chi connectivity index (χ0n) is 25.2. The van der Waals surface area contributed by atoms with Gasteiger partial charge in [0.25, 0.3) is 0 Å². The summed E-state index contributed by atoms with van der Waals surface area (Å²) in [7, 11) is 0. The Labute approximate surface area is 227 Å². The van der Waals surface area contributed by atoms with Gasteiger partial charge in [-0.15, -0.1) is 0 Å². The number of esters is 4. The van der Waals surface area contributed by atoms with E-state index in [4.69, 9.17) is 18.9 Å². The van der Waals surface area contributed by atoms with Crippen LogP contribution in [0.25, 0.3) is 0 Å². The van der Waals surface area contributed by atoms with E-state index in [0.717, 1.165) is 0 Å². The number of hydrogen-bond acceptors (Lipinski definition) is 9. The van der Waals surface area contributed by atoms with E-state index in [0.29, 0.717) is 0 Å². The third-order valence-electron chi connectivity index (χ3n) is 4.11. The maximum absolute atomic E-state index is 12.9. The molecule has 0 saturated heterocycles. The second-order valence-electron chi connectivity index (χ2n) is 13.0. The van der Waals surface area contributed by atoms with Crippen LogP contribution in [0.5, 0.6) is 0 Å². The molecule has 11 nitrogen and oxygen atoms in total. The maximum atomic E-state index is 12.9. The van der Waals surface area contributed by atoms with Crippen LogP contribution in [0.2, 0.25) is 0 Å². The predicted octanol–water partition coefficient (Wildman–Crippen LogP) is 3.95. The molecule has 0 fully saturated rings. The first kappa shape index (κ1) is 35.2. The van der Waals surface area contributed by atoms with Crippen LogP contribution in [-0.2, 0) is 38.1 Å². The van der Waals surface area contributed by atoms with Gasteiger partial charge in [-0.1, -0.05) is 0 Å². The van der Waals surface area contributed by atoms with E-state index in [-0.39, 0.29) is 25.7 Å². The van der Waals surface area contributed by atoms with Gasteiger partial charge in [-0.05, 0) is 95.9 Å². The first-order valence-corrected chi connectivity index (χ1v) is 12.8. The van der Waals surface area contributed by atoms with Crippen LogP contribution in [0.3, 0.4) is 0 Å². The van der Waals surface area contributed by atoms with Crippen molar-refractivity contribution < 1.29 is 42.9 Å². The summed E-state index contributed by atoms with van der Waals surface area (Å²) in [6.45, 7) is 20.3. The van der Waals surface area contributed by atoms with Crippen LogP contribution < -0.4 is 10.6 Å². The molecule has 0 radical (unpaired) electrons. The van der Waals surface area contributed by atoms with Crippen molar-refractivity contribution >= 4 is 29.9 Å². The van der Waals surface area contributed by atoms with Gasteiger partial charge in [0.1, 0.15) is 34.5 Å². The number of nitrogens with one attached hydrogen (secondary N) is 2. The van der Waals surface area contributed by atoms with Gasteiger partial charge in [0.15, 0.2) is 0 Å². The lowest BCUT2D eigenvalue weighted by Gasteiger charge is -2.27. The minimum absolute atomic E-state index is 0.0910. The molecule has 220 valence electrons. The summed E-state index contributed by atoms with van der Waals surface area (Å²) in [5, 5.41) is 4.95. The maximum Gasteiger partial charge on any atom is 0.329 e. The minimum atomic E-state index is -1.20. The topological polar surface area (TPSA) is 146 Å². The van der Waals surface area contributed by atoms with E-state index in [1.165, 1.54) is 0 Å². The van der Waals surface area contributed by atoms with Crippen LogP contribution >= 0.6 is 0 Å². The molecule has 0 bridgehead atoms. The highest BCUT2D eigenvalue weighted by molar-refractivity contribution is 5.88. The molecule has 0 saturated carbocycles. The molecule has 0 unspecified atom stereocenters. The minimum Gasteiger partial charge on any atom is -0.460 e. The summed E-state index contributed by atoms with van der Waals surface area (Å²) in [4.78, 5) is 62.8. The Bertz CT molecular complexity index is 773. The number of carbonyl (C=O) groups excluding carboxylic acids is 5. The fraction of sp³-hybridized carbons (Fsp3) is 0.815. The number of ether oxygens (including phenoxy) is 4. The molecular weight excluding hydrogens is 496 g/mol. The molecule has 0 aromatic heterocycles. The van der Waals surface area contributed by atoms with Gasteiger partial charge in [-0.3, -0.25) is 9.59 Å². The number of rotatable bonds is 10. The van der Waals surface area contributed by atoms with Gasteiger partial charge >= 0.3 is 29.9 Å². The summed E-state index contributed by atoms with van der Waals surface area (Å²) in [5.41, 5.74) is -3.10. The van der Waals surface area contributed by atoms with Crippen LogP contribution in [0.1, 0.15) is 109 Å². The standard InChI is InChI=1S/C27H48N2O9/c1-24(2,3)35-19(30)15-13-17(21(32)37-26(7,8)9)28-23(34)29-18(22(33)38-27(10,11)12)14-16-20(31)36-25(4,5)6/h17-18H,13-16H2,1-12H3,(H2,28,29,34)/t17-,18-/m0/s1. The normalized spacial score (nSPS) is 14.0. The fourth-order valence-corrected chi connectivity index (χ4v) is 2.91. The van der Waals surface area contributed by atoms with Gasteiger partial charge in [-0.25, -0.2) is 14.4 Å². The molecule has 0 heterocycles. The number of carbonyl (C=O) groups is 5. The average molecular weight is 545 g/mol. The zero-order chi connectivity index (χ0) is 30.1. The van der Waals surface area contributed by atoms with Gasteiger partial charge in [0.05, 0.1) is 0 Å². The highest BCUT2D eigenvalue weighted by atomic mass is 16.6. The Morgan fingerprint density at radius 1 is 0.500 bits per heavy atom. The lowest BCUT2D eigenvalue weighted by Crippen LogP contribution is -2.53. The van der Waals surface area contributed by atoms with E-state index in [1.807, 2.05) is 0 Å². The summed E-state index contributed by atoms with van der Waals surface area (Å²) < 4.78 is 21.3. The molecule has 38 heavy (non-hydrogen) atoms. The van der Waals surface area contributed by atoms with E-state index in [1.54, 1.807) is 83.1 Å². The molecule has 2 amide bonds. The predicted molar refractivity (Wildman–Crippen MR) is 141 cm³/mol. The van der Waals surface area contributed by atoms with Crippen molar-refractivity contribution in [2.24, 2.45) is 0 Å². The smallest absolute Gasteiger partial charge is 0.329 e. The lowest BCUT2D eigenvalue weighted by atomic mass is 10.1. The van der Waals surface area contributed by atoms with E-state index < -0.39 is 64.4 Å². The molecule has 2 N–H and O–H groups in total. The molecule has 0 aromatic carbocycles. The SMILES string of the molecule is CC(C)(C)OC(=O)CC[C@H](NC(=O)N[C@@H](CCC(=O)OC(C)(C)C)C(=O)OC(C)(C)C)C(=O)OC(C)(C)C. The monoisotopic (exact) mass is 544 g/mol. The summed E-state index contributed by atoms with van der Waals surface area (Å²) in [5.74, 6) is -2.59. The number of amides is 2. The summed E-state index contributed by atoms with van der Waals surface area (Å²) >= 11 is 0. The Kier molecular flexibility index (Phi) is 12.8. The largest absolute Gasteiger partial charge is 0.460 e. The second-order valence-corrected chi connectivity index (χ2v) is 13.0. The van der Waals surface area contributed by atoms with Gasteiger partial charge in [0, 0.05) is 12.8 Å². The molecule has 0 aliphatic heterocycles. The molecule has 11 heteroatoms. The Hall–Kier alpha value is -2.85. The van der Waals surface area contributed by atoms with E-state index >= 15 is 0 Å². The van der Waals surface area contributed by atoms with Crippen LogP contribution in [0.15, 0.2) is 0 Å². The van der Waals surface area contributed by atoms with Gasteiger partial charge in [0.2, 0.25) is 0 Å². The third-order valence-corrected chi connectivity index (χ3v) is 4.11. The molecule has 0 aliphatic rings. The first-order chi connectivity index (χ1) is 16.9. The molecule has 2 atom stereocenters. The summed E-state index contributed by atoms with van der Waals surface area (Å²) in [6, 6.07) is -3.27. The fourth-order valence-electron chi connectivity index (χ4n) is 2.91. The van der Waals surface area contributed by atoms with Gasteiger partial charge in [-0.2, -0.15) is 0 Å². The molecule has 0 aromatic rings. The van der Waals surface area contributed by atoms with Crippen molar-refractivity contribution in [2.75, 3.05) is 0 Å². The third kappa shape index (κ3) is 18.4. The quantitative estimate of drug-likeness (QED) is 0.308. The Morgan fingerprint density at radius 3 is 1.00 bits per heavy atom. The van der Waals surface area contributed by atoms with Crippen LogP contribution in [-0.4, -0.2) is 64.4 Å². The second kappa shape index (κ2) is 13.8. The van der Waals surface area contributed by atoms with Crippen LogP contribution in [0, 0.1) is 0 Å². The van der Waals surface area contributed by atoms with Crippen molar-refractivity contribution in [3.05, 3.63) is 0 Å². The van der Waals surface area contributed by atoms with E-state index in [9.17, 15) is 24.0 Å². The van der Waals surface area contributed by atoms with Crippen LogP contribution in [0.4, 0.5) is 4.79 Å². The summed E-state index contributed by atoms with van der Waals surface area (Å²) in [6.07, 6.45) is -0.496. The van der Waals surface area contributed by atoms with Crippen molar-refractivity contribution in [2.45, 2.75) is 143 Å². The first-order valence-electron chi connectivity index (χ1n) is 12.8. The number of hydrogen-bond donors (Lipinski definition) is 2. The Morgan fingerprint density at radius 2 is 0.763 bits per heavy atom. The highest BCUT2D eigenvalue weighted by Crippen LogP contribution is 2.15. The van der Waals surface area contributed by atoms with Crippen molar-refractivity contribution in [3.8, 4) is 0 Å². The number of urea groups is 1. The highest BCUT2D eigenvalue weighted by Gasteiger charge is 2.32. The molecular formula is C27H48N2O9. The molecule has 0 spiro atoms. The van der Waals surface area contributed by atoms with Crippen molar-refractivity contribution in [3.63, 3.8) is 0 Å². The average Bonchev–Trinajstić information content (AvgIpc) is 2.62. The van der Waals surface area contributed by atoms with Crippen molar-refractivity contribution in [1.29, 1.82) is 0 Å². The molecule has 0 rings (SSSR count). The molecule has 0 aliphatic carbocycles.